The molecule has 0 aliphatic rings. The summed E-state index contributed by atoms with van der Waals surface area (Å²) in [5.41, 5.74) is 0.842. The zero-order chi connectivity index (χ0) is 20.4. The third-order valence-corrected chi connectivity index (χ3v) is 4.75. The van der Waals surface area contributed by atoms with Gasteiger partial charge in [0.15, 0.2) is 11.5 Å². The molecule has 1 aromatic heterocycles. The minimum absolute atomic E-state index is 0.131. The van der Waals surface area contributed by atoms with Crippen LogP contribution in [0, 0.1) is 5.92 Å². The molecular weight excluding hydrogens is 378 g/mol. The van der Waals surface area contributed by atoms with E-state index in [4.69, 9.17) is 4.74 Å². The molecule has 0 aliphatic heterocycles. The van der Waals surface area contributed by atoms with Crippen molar-refractivity contribution in [3.05, 3.63) is 48.3 Å². The third-order valence-electron chi connectivity index (χ3n) is 3.70. The van der Waals surface area contributed by atoms with Crippen LogP contribution in [0.4, 0.5) is 4.79 Å². The molecule has 0 fully saturated rings. The summed E-state index contributed by atoms with van der Waals surface area (Å²) in [5, 5.41) is 21.8. The van der Waals surface area contributed by atoms with Crippen LogP contribution in [0.5, 0.6) is 11.5 Å². The molecule has 0 atom stereocenters. The van der Waals surface area contributed by atoms with Crippen LogP contribution in [0.25, 0.3) is 0 Å². The Balaban J connectivity index is 1.73. The van der Waals surface area contributed by atoms with Crippen LogP contribution in [-0.2, 0) is 11.3 Å². The molecule has 8 heteroatoms. The van der Waals surface area contributed by atoms with Crippen molar-refractivity contribution in [2.24, 2.45) is 5.92 Å². The van der Waals surface area contributed by atoms with Crippen LogP contribution in [0.1, 0.15) is 25.8 Å². The molecule has 3 N–H and O–H groups in total. The third kappa shape index (κ3) is 8.06. The molecular formula is C20H27N3O4S. The lowest BCUT2D eigenvalue weighted by molar-refractivity contribution is 0.139. The van der Waals surface area contributed by atoms with Gasteiger partial charge >= 0.3 is 6.09 Å². The first kappa shape index (κ1) is 21.8. The molecule has 1 amide bonds. The molecule has 0 saturated carbocycles. The van der Waals surface area contributed by atoms with Crippen molar-refractivity contribution in [1.29, 1.82) is 0 Å². The maximum Gasteiger partial charge on any atom is 0.407 e. The van der Waals surface area contributed by atoms with Gasteiger partial charge in [0, 0.05) is 42.5 Å². The minimum Gasteiger partial charge on any atom is -0.504 e. The number of nitrogens with zero attached hydrogens (tertiary/aromatic N) is 2. The summed E-state index contributed by atoms with van der Waals surface area (Å²) in [7, 11) is 0. The van der Waals surface area contributed by atoms with Gasteiger partial charge in [0.05, 0.1) is 0 Å². The molecule has 1 heterocycles. The van der Waals surface area contributed by atoms with Crippen molar-refractivity contribution < 1.29 is 19.7 Å². The van der Waals surface area contributed by atoms with E-state index >= 15 is 0 Å². The summed E-state index contributed by atoms with van der Waals surface area (Å²) in [6, 6.07) is 8.43. The van der Waals surface area contributed by atoms with Crippen molar-refractivity contribution in [3.63, 3.8) is 0 Å². The number of phenolic OH excluding ortho intramolecular Hbond substituents is 2. The summed E-state index contributed by atoms with van der Waals surface area (Å²) in [4.78, 5) is 16.6. The average molecular weight is 406 g/mol. The van der Waals surface area contributed by atoms with Gasteiger partial charge in [0.1, 0.15) is 6.61 Å². The number of rotatable bonds is 10. The number of benzene rings is 1. The zero-order valence-corrected chi connectivity index (χ0v) is 17.0. The number of carbonyl (C=O) groups is 1. The van der Waals surface area contributed by atoms with Gasteiger partial charge < -0.3 is 20.3 Å². The van der Waals surface area contributed by atoms with Gasteiger partial charge in [-0.25, -0.2) is 9.10 Å². The summed E-state index contributed by atoms with van der Waals surface area (Å²) >= 11 is 1.52. The number of amides is 1. The van der Waals surface area contributed by atoms with Gasteiger partial charge in [-0.15, -0.1) is 0 Å². The molecule has 28 heavy (non-hydrogen) atoms. The van der Waals surface area contributed by atoms with Crippen LogP contribution >= 0.6 is 11.9 Å². The van der Waals surface area contributed by atoms with Crippen LogP contribution in [0.3, 0.4) is 0 Å². The van der Waals surface area contributed by atoms with E-state index in [1.807, 2.05) is 6.07 Å². The molecule has 0 unspecified atom stereocenters. The SMILES string of the molecule is CC(C)CN(CCCNC(=O)OCc1cccnc1)Sc1ccc(O)c(O)c1. The molecule has 7 nitrogen and oxygen atoms in total. The predicted octanol–water partition coefficient (Wildman–Crippen LogP) is 3.77. The highest BCUT2D eigenvalue weighted by molar-refractivity contribution is 7.97. The largest absolute Gasteiger partial charge is 0.504 e. The Morgan fingerprint density at radius 3 is 2.79 bits per heavy atom. The fourth-order valence-corrected chi connectivity index (χ4v) is 3.60. The Bertz CT molecular complexity index is 743. The van der Waals surface area contributed by atoms with Crippen molar-refractivity contribution >= 4 is 18.0 Å². The molecule has 0 saturated heterocycles. The van der Waals surface area contributed by atoms with Gasteiger partial charge in [-0.1, -0.05) is 19.9 Å². The highest BCUT2D eigenvalue weighted by atomic mass is 32.2. The van der Waals surface area contributed by atoms with Gasteiger partial charge in [0.2, 0.25) is 0 Å². The molecule has 0 aliphatic carbocycles. The number of nitrogens with one attached hydrogen (secondary N) is 1. The topological polar surface area (TPSA) is 94.9 Å². The molecule has 1 aromatic carbocycles. The number of aromatic hydroxyl groups is 2. The second-order valence-corrected chi connectivity index (χ2v) is 7.91. The van der Waals surface area contributed by atoms with E-state index in [1.165, 1.54) is 18.0 Å². The highest BCUT2D eigenvalue weighted by Gasteiger charge is 2.11. The molecule has 0 radical (unpaired) electrons. The molecule has 0 bridgehead atoms. The lowest BCUT2D eigenvalue weighted by Crippen LogP contribution is -2.29. The Hall–Kier alpha value is -2.45. The monoisotopic (exact) mass is 405 g/mol. The number of phenols is 2. The van der Waals surface area contributed by atoms with E-state index < -0.39 is 6.09 Å². The number of alkyl carbamates (subject to hydrolysis) is 1. The van der Waals surface area contributed by atoms with E-state index in [1.54, 1.807) is 30.6 Å². The Labute approximate surface area is 169 Å². The quantitative estimate of drug-likeness (QED) is 0.315. The highest BCUT2D eigenvalue weighted by Crippen LogP contribution is 2.32. The van der Waals surface area contributed by atoms with Crippen molar-refractivity contribution in [2.45, 2.75) is 31.8 Å². The van der Waals surface area contributed by atoms with E-state index in [2.05, 4.69) is 28.5 Å². The van der Waals surface area contributed by atoms with Gasteiger partial charge in [-0.3, -0.25) is 4.98 Å². The molecule has 0 spiro atoms. The lowest BCUT2D eigenvalue weighted by atomic mass is 10.2. The Kier molecular flexibility index (Phi) is 8.90. The number of ether oxygens (including phenoxy) is 1. The van der Waals surface area contributed by atoms with E-state index in [0.717, 1.165) is 30.0 Å². The van der Waals surface area contributed by atoms with Crippen LogP contribution in [-0.4, -0.2) is 45.2 Å². The van der Waals surface area contributed by atoms with E-state index in [9.17, 15) is 15.0 Å². The molecule has 152 valence electrons. The number of hydrogen-bond acceptors (Lipinski definition) is 7. The van der Waals surface area contributed by atoms with Crippen LogP contribution < -0.4 is 5.32 Å². The number of aromatic nitrogens is 1. The number of hydrogen-bond donors (Lipinski definition) is 3. The summed E-state index contributed by atoms with van der Waals surface area (Å²) in [6.07, 6.45) is 3.64. The smallest absolute Gasteiger partial charge is 0.407 e. The summed E-state index contributed by atoms with van der Waals surface area (Å²) in [5.74, 6) is 0.205. The zero-order valence-electron chi connectivity index (χ0n) is 16.2. The van der Waals surface area contributed by atoms with Gasteiger partial charge in [-0.05, 0) is 48.6 Å². The average Bonchev–Trinajstić information content (AvgIpc) is 2.67. The predicted molar refractivity (Wildman–Crippen MR) is 109 cm³/mol. The van der Waals surface area contributed by atoms with Gasteiger partial charge in [-0.2, -0.15) is 0 Å². The fraction of sp³-hybridized carbons (Fsp3) is 0.400. The maximum atomic E-state index is 11.8. The lowest BCUT2D eigenvalue weighted by Gasteiger charge is -2.23. The van der Waals surface area contributed by atoms with Crippen LogP contribution in [0.2, 0.25) is 0 Å². The second kappa shape index (κ2) is 11.4. The normalized spacial score (nSPS) is 11.0. The van der Waals surface area contributed by atoms with Crippen molar-refractivity contribution in [3.8, 4) is 11.5 Å². The number of pyridine rings is 1. The summed E-state index contributed by atoms with van der Waals surface area (Å²) < 4.78 is 7.34. The maximum absolute atomic E-state index is 11.8. The fourth-order valence-electron chi connectivity index (χ4n) is 2.42. The summed E-state index contributed by atoms with van der Waals surface area (Å²) in [6.45, 7) is 6.58. The standard InChI is InChI=1S/C20H27N3O4S/c1-15(2)13-23(28-17-6-7-18(24)19(25)11-17)10-4-9-22-20(26)27-14-16-5-3-8-21-12-16/h3,5-8,11-12,15,24-25H,4,9-10,13-14H2,1-2H3,(H,22,26). The van der Waals surface area contributed by atoms with Crippen molar-refractivity contribution in [2.75, 3.05) is 19.6 Å². The van der Waals surface area contributed by atoms with Crippen molar-refractivity contribution in [1.82, 2.24) is 14.6 Å². The molecule has 2 rings (SSSR count). The minimum atomic E-state index is -0.449. The van der Waals surface area contributed by atoms with Gasteiger partial charge in [0.25, 0.3) is 0 Å². The second-order valence-electron chi connectivity index (χ2n) is 6.74. The van der Waals surface area contributed by atoms with Crippen LogP contribution in [0.15, 0.2) is 47.6 Å². The van der Waals surface area contributed by atoms with E-state index in [-0.39, 0.29) is 18.1 Å². The molecule has 2 aromatic rings. The Morgan fingerprint density at radius 2 is 2.11 bits per heavy atom. The first-order valence-corrected chi connectivity index (χ1v) is 9.96. The Morgan fingerprint density at radius 1 is 1.29 bits per heavy atom. The first-order valence-electron chi connectivity index (χ1n) is 9.18. The van der Waals surface area contributed by atoms with E-state index in [0.29, 0.717) is 12.5 Å². The first-order chi connectivity index (χ1) is 13.4. The number of carbonyl (C=O) groups excluding carboxylic acids is 1.